The summed E-state index contributed by atoms with van der Waals surface area (Å²) in [4.78, 5) is 4.66. The van der Waals surface area contributed by atoms with E-state index >= 15 is 0 Å². The summed E-state index contributed by atoms with van der Waals surface area (Å²) in [7, 11) is 0. The molecule has 0 N–H and O–H groups in total. The van der Waals surface area contributed by atoms with Crippen molar-refractivity contribution in [2.75, 3.05) is 0 Å². The van der Waals surface area contributed by atoms with Gasteiger partial charge in [-0.3, -0.25) is 4.57 Å². The molecule has 1 heterocycles. The number of aryl methyl sites for hydroxylation is 1. The Labute approximate surface area is 128 Å². The number of benzene rings is 2. The Balaban J connectivity index is 2.28. The van der Waals surface area contributed by atoms with Crippen LogP contribution in [0.5, 0.6) is 0 Å². The van der Waals surface area contributed by atoms with E-state index in [1.807, 2.05) is 30.5 Å². The van der Waals surface area contributed by atoms with Gasteiger partial charge in [-0.25, -0.2) is 4.98 Å². The molecule has 0 aliphatic rings. The molecule has 0 amide bonds. The monoisotopic (exact) mass is 295 g/mol. The average Bonchev–Trinajstić information content (AvgIpc) is 2.86. The van der Waals surface area contributed by atoms with Gasteiger partial charge >= 0.3 is 0 Å². The first-order valence-corrected chi connectivity index (χ1v) is 7.17. The van der Waals surface area contributed by atoms with Crippen LogP contribution in [0, 0.1) is 18.3 Å². The summed E-state index contributed by atoms with van der Waals surface area (Å²) >= 11 is 6.29. The second-order valence-corrected chi connectivity index (χ2v) is 5.73. The lowest BCUT2D eigenvalue weighted by Crippen LogP contribution is -2.01. The highest BCUT2D eigenvalue weighted by Crippen LogP contribution is 2.28. The van der Waals surface area contributed by atoms with E-state index in [9.17, 15) is 0 Å². The molecule has 2 aromatic carbocycles. The molecule has 1 aromatic heterocycles. The molecule has 0 saturated heterocycles. The summed E-state index contributed by atoms with van der Waals surface area (Å²) in [6, 6.07) is 15.7. The molecule has 4 heteroatoms. The number of aromatic nitrogens is 2. The van der Waals surface area contributed by atoms with Gasteiger partial charge in [-0.15, -0.1) is 11.6 Å². The first-order valence-electron chi connectivity index (χ1n) is 6.74. The molecule has 0 bridgehead atoms. The largest absolute Gasteiger partial charge is 0.295 e. The minimum atomic E-state index is -0.201. The fraction of sp³-hybridized carbons (Fsp3) is 0.176. The van der Waals surface area contributed by atoms with E-state index in [0.29, 0.717) is 5.56 Å². The van der Waals surface area contributed by atoms with E-state index in [-0.39, 0.29) is 5.38 Å². The molecule has 0 fully saturated rings. The third kappa shape index (κ3) is 2.39. The fourth-order valence-corrected chi connectivity index (χ4v) is 2.58. The van der Waals surface area contributed by atoms with Crippen molar-refractivity contribution in [1.82, 2.24) is 9.55 Å². The van der Waals surface area contributed by atoms with Crippen LogP contribution in [0.1, 0.15) is 29.3 Å². The Morgan fingerprint density at radius 3 is 2.52 bits per heavy atom. The lowest BCUT2D eigenvalue weighted by molar-refractivity contribution is 0.882. The van der Waals surface area contributed by atoms with Crippen LogP contribution < -0.4 is 0 Å². The van der Waals surface area contributed by atoms with E-state index < -0.39 is 0 Å². The Morgan fingerprint density at radius 2 is 1.90 bits per heavy atom. The highest BCUT2D eigenvalue weighted by atomic mass is 35.5. The molecule has 21 heavy (non-hydrogen) atoms. The van der Waals surface area contributed by atoms with Gasteiger partial charge in [-0.2, -0.15) is 5.26 Å². The summed E-state index contributed by atoms with van der Waals surface area (Å²) in [6.45, 7) is 3.96. The Hall–Kier alpha value is -2.31. The fourth-order valence-electron chi connectivity index (χ4n) is 2.43. The Bertz CT molecular complexity index is 839. The minimum Gasteiger partial charge on any atom is -0.295 e. The molecule has 1 unspecified atom stereocenters. The van der Waals surface area contributed by atoms with Crippen molar-refractivity contribution in [3.05, 3.63) is 59.4 Å². The molecule has 3 aromatic rings. The topological polar surface area (TPSA) is 41.6 Å². The predicted octanol–water partition coefficient (Wildman–Crippen LogP) is 4.51. The number of hydrogen-bond acceptors (Lipinski definition) is 2. The number of nitriles is 1. The molecular formula is C17H14ClN3. The second kappa shape index (κ2) is 5.23. The van der Waals surface area contributed by atoms with Gasteiger partial charge in [0.25, 0.3) is 0 Å². The maximum absolute atomic E-state index is 8.91. The quantitative estimate of drug-likeness (QED) is 0.653. The highest BCUT2D eigenvalue weighted by Gasteiger charge is 2.16. The second-order valence-electron chi connectivity index (χ2n) is 5.07. The minimum absolute atomic E-state index is 0.201. The zero-order chi connectivity index (χ0) is 15.0. The van der Waals surface area contributed by atoms with Crippen LogP contribution in [0.3, 0.4) is 0 Å². The molecule has 0 saturated carbocycles. The zero-order valence-electron chi connectivity index (χ0n) is 11.8. The highest BCUT2D eigenvalue weighted by molar-refractivity contribution is 6.20. The van der Waals surface area contributed by atoms with Crippen LogP contribution in [-0.4, -0.2) is 9.55 Å². The van der Waals surface area contributed by atoms with Gasteiger partial charge < -0.3 is 0 Å². The van der Waals surface area contributed by atoms with Crippen molar-refractivity contribution in [3.63, 3.8) is 0 Å². The normalized spacial score (nSPS) is 12.3. The summed E-state index contributed by atoms with van der Waals surface area (Å²) in [6.07, 6.45) is 0. The van der Waals surface area contributed by atoms with E-state index in [0.717, 1.165) is 22.5 Å². The number of halogens is 1. The number of nitrogens with zero attached hydrogens (tertiary/aromatic N) is 3. The lowest BCUT2D eigenvalue weighted by atomic mass is 10.2. The number of rotatable bonds is 2. The SMILES string of the molecule is Cc1ccc2c(c1)nc(C(C)Cl)n2-c1ccc(C#N)cc1. The van der Waals surface area contributed by atoms with E-state index in [1.165, 1.54) is 5.56 Å². The number of imidazole rings is 1. The number of hydrogen-bond donors (Lipinski definition) is 0. The van der Waals surface area contributed by atoms with Crippen molar-refractivity contribution in [3.8, 4) is 11.8 Å². The summed E-state index contributed by atoms with van der Waals surface area (Å²) in [5.41, 5.74) is 4.72. The summed E-state index contributed by atoms with van der Waals surface area (Å²) in [5, 5.41) is 8.71. The first-order chi connectivity index (χ1) is 10.1. The standard InChI is InChI=1S/C17H14ClN3/c1-11-3-8-16-15(9-11)20-17(12(2)18)21(16)14-6-4-13(10-19)5-7-14/h3-9,12H,1-2H3. The number of alkyl halides is 1. The van der Waals surface area contributed by atoms with Gasteiger partial charge in [-0.05, 0) is 55.8 Å². The third-order valence-electron chi connectivity index (χ3n) is 3.45. The molecule has 3 nitrogen and oxygen atoms in total. The smallest absolute Gasteiger partial charge is 0.132 e. The summed E-state index contributed by atoms with van der Waals surface area (Å²) in [5.74, 6) is 0.807. The number of fused-ring (bicyclic) bond motifs is 1. The molecule has 3 rings (SSSR count). The molecule has 0 radical (unpaired) electrons. The van der Waals surface area contributed by atoms with Gasteiger partial charge in [0.2, 0.25) is 0 Å². The molecule has 1 atom stereocenters. The average molecular weight is 296 g/mol. The zero-order valence-corrected chi connectivity index (χ0v) is 12.6. The van der Waals surface area contributed by atoms with Crippen molar-refractivity contribution in [1.29, 1.82) is 5.26 Å². The maximum atomic E-state index is 8.91. The van der Waals surface area contributed by atoms with Gasteiger partial charge in [-0.1, -0.05) is 6.07 Å². The van der Waals surface area contributed by atoms with Crippen LogP contribution >= 0.6 is 11.6 Å². The van der Waals surface area contributed by atoms with Crippen molar-refractivity contribution in [2.24, 2.45) is 0 Å². The lowest BCUT2D eigenvalue weighted by Gasteiger charge is -2.10. The van der Waals surface area contributed by atoms with E-state index in [2.05, 4.69) is 29.3 Å². The van der Waals surface area contributed by atoms with Crippen molar-refractivity contribution in [2.45, 2.75) is 19.2 Å². The van der Waals surface area contributed by atoms with Crippen LogP contribution in [0.25, 0.3) is 16.7 Å². The van der Waals surface area contributed by atoms with Gasteiger partial charge in [0.05, 0.1) is 28.0 Å². The van der Waals surface area contributed by atoms with E-state index in [4.69, 9.17) is 16.9 Å². The van der Waals surface area contributed by atoms with Crippen LogP contribution in [-0.2, 0) is 0 Å². The Morgan fingerprint density at radius 1 is 1.19 bits per heavy atom. The van der Waals surface area contributed by atoms with Crippen molar-refractivity contribution < 1.29 is 0 Å². The molecular weight excluding hydrogens is 282 g/mol. The van der Waals surface area contributed by atoms with Crippen LogP contribution in [0.4, 0.5) is 0 Å². The molecule has 0 aliphatic heterocycles. The Kier molecular flexibility index (Phi) is 3.40. The predicted molar refractivity (Wildman–Crippen MR) is 84.8 cm³/mol. The first kappa shape index (κ1) is 13.7. The summed E-state index contributed by atoms with van der Waals surface area (Å²) < 4.78 is 2.05. The third-order valence-corrected chi connectivity index (χ3v) is 3.64. The van der Waals surface area contributed by atoms with Crippen LogP contribution in [0.15, 0.2) is 42.5 Å². The van der Waals surface area contributed by atoms with Gasteiger partial charge in [0.1, 0.15) is 5.82 Å². The van der Waals surface area contributed by atoms with Gasteiger partial charge in [0, 0.05) is 5.69 Å². The maximum Gasteiger partial charge on any atom is 0.132 e. The van der Waals surface area contributed by atoms with Crippen LogP contribution in [0.2, 0.25) is 0 Å². The van der Waals surface area contributed by atoms with Crippen molar-refractivity contribution >= 4 is 22.6 Å². The van der Waals surface area contributed by atoms with E-state index in [1.54, 1.807) is 12.1 Å². The molecule has 0 aliphatic carbocycles. The van der Waals surface area contributed by atoms with Gasteiger partial charge in [0.15, 0.2) is 0 Å². The molecule has 104 valence electrons. The molecule has 0 spiro atoms.